The molecule has 0 spiro atoms. The molecule has 0 fully saturated rings. The number of hydrogen-bond donors (Lipinski definition) is 0. The average Bonchev–Trinajstić information content (AvgIpc) is 3.24. The quantitative estimate of drug-likeness (QED) is 0.585. The Balaban J connectivity index is 1.66. The lowest BCUT2D eigenvalue weighted by Gasteiger charge is -2.29. The topological polar surface area (TPSA) is 33.2 Å². The van der Waals surface area contributed by atoms with Gasteiger partial charge in [0.25, 0.3) is 5.91 Å². The summed E-state index contributed by atoms with van der Waals surface area (Å²) in [5, 5.41) is 2.94. The van der Waals surface area contributed by atoms with Gasteiger partial charge in [0.2, 0.25) is 0 Å². The minimum Gasteiger partial charge on any atom is -0.307 e. The third kappa shape index (κ3) is 2.86. The fourth-order valence-corrected chi connectivity index (χ4v) is 4.87. The number of halogens is 1. The highest BCUT2D eigenvalue weighted by molar-refractivity contribution is 9.10. The van der Waals surface area contributed by atoms with Gasteiger partial charge in [-0.3, -0.25) is 4.79 Å². The Labute approximate surface area is 150 Å². The molecule has 0 aliphatic carbocycles. The molecule has 116 valence electrons. The van der Waals surface area contributed by atoms with E-state index in [2.05, 4.69) is 27.0 Å². The summed E-state index contributed by atoms with van der Waals surface area (Å²) < 4.78 is 1.06. The van der Waals surface area contributed by atoms with Crippen LogP contribution in [0.5, 0.6) is 0 Å². The van der Waals surface area contributed by atoms with Crippen LogP contribution in [0.15, 0.2) is 46.4 Å². The molecule has 1 aliphatic rings. The van der Waals surface area contributed by atoms with Crippen LogP contribution in [0.25, 0.3) is 9.88 Å². The van der Waals surface area contributed by atoms with E-state index in [0.29, 0.717) is 4.88 Å². The van der Waals surface area contributed by atoms with E-state index in [-0.39, 0.29) is 5.91 Å². The minimum absolute atomic E-state index is 0.0496. The maximum Gasteiger partial charge on any atom is 0.270 e. The number of thiophene rings is 1. The number of carbonyl (C=O) groups excluding carboxylic acids is 1. The van der Waals surface area contributed by atoms with Gasteiger partial charge in [-0.1, -0.05) is 22.0 Å². The number of carbonyl (C=O) groups is 1. The van der Waals surface area contributed by atoms with E-state index < -0.39 is 0 Å². The number of fused-ring (bicyclic) bond motifs is 1. The van der Waals surface area contributed by atoms with Gasteiger partial charge in [0, 0.05) is 16.7 Å². The van der Waals surface area contributed by atoms with Crippen molar-refractivity contribution in [2.45, 2.75) is 12.8 Å². The van der Waals surface area contributed by atoms with Gasteiger partial charge in [0.1, 0.15) is 9.88 Å². The summed E-state index contributed by atoms with van der Waals surface area (Å²) in [6, 6.07) is 10.2. The lowest BCUT2D eigenvalue weighted by Crippen LogP contribution is -2.35. The van der Waals surface area contributed by atoms with Crippen LogP contribution in [0.4, 0.5) is 5.69 Å². The molecule has 0 bridgehead atoms. The Morgan fingerprint density at radius 3 is 3.04 bits per heavy atom. The van der Waals surface area contributed by atoms with Crippen LogP contribution in [0.3, 0.4) is 0 Å². The molecular weight excluding hydrogens is 392 g/mol. The normalized spacial score (nSPS) is 13.9. The van der Waals surface area contributed by atoms with Crippen molar-refractivity contribution in [3.8, 4) is 9.88 Å². The van der Waals surface area contributed by atoms with E-state index in [4.69, 9.17) is 0 Å². The zero-order chi connectivity index (χ0) is 15.8. The summed E-state index contributed by atoms with van der Waals surface area (Å²) in [4.78, 5) is 21.0. The molecule has 1 aliphatic heterocycles. The van der Waals surface area contributed by atoms with Crippen molar-refractivity contribution < 1.29 is 4.79 Å². The second kappa shape index (κ2) is 6.19. The fourth-order valence-electron chi connectivity index (χ4n) is 2.80. The number of thiazole rings is 1. The van der Waals surface area contributed by atoms with Gasteiger partial charge < -0.3 is 4.90 Å². The Hall–Kier alpha value is -1.50. The Morgan fingerprint density at radius 2 is 2.22 bits per heavy atom. The number of nitrogens with zero attached hydrogens (tertiary/aromatic N) is 2. The molecule has 2 aromatic heterocycles. The van der Waals surface area contributed by atoms with Crippen LogP contribution in [0.2, 0.25) is 0 Å². The SMILES string of the molecule is O=C(c1cnc(-c2cccs2)s1)N1CCCc2cc(Br)ccc21. The maximum atomic E-state index is 12.9. The number of anilines is 1. The molecule has 3 heterocycles. The first-order valence-corrected chi connectivity index (χ1v) is 9.81. The molecule has 0 saturated heterocycles. The highest BCUT2D eigenvalue weighted by atomic mass is 79.9. The predicted molar refractivity (Wildman–Crippen MR) is 99.6 cm³/mol. The lowest BCUT2D eigenvalue weighted by atomic mass is 10.0. The standard InChI is InChI=1S/C17H13BrN2OS2/c18-12-5-6-13-11(9-12)3-1-7-20(13)17(21)15-10-19-16(23-15)14-4-2-8-22-14/h2,4-6,8-10H,1,3,7H2. The first kappa shape index (κ1) is 15.1. The van der Waals surface area contributed by atoms with Gasteiger partial charge in [0.05, 0.1) is 11.1 Å². The Bertz CT molecular complexity index is 857. The highest BCUT2D eigenvalue weighted by Gasteiger charge is 2.25. The van der Waals surface area contributed by atoms with E-state index in [1.54, 1.807) is 17.5 Å². The number of benzene rings is 1. The monoisotopic (exact) mass is 404 g/mol. The summed E-state index contributed by atoms with van der Waals surface area (Å²) in [6.07, 6.45) is 3.71. The maximum absolute atomic E-state index is 12.9. The summed E-state index contributed by atoms with van der Waals surface area (Å²) in [5.74, 6) is 0.0496. The molecule has 1 aromatic carbocycles. The fraction of sp³-hybridized carbons (Fsp3) is 0.176. The molecule has 6 heteroatoms. The molecule has 0 unspecified atom stereocenters. The molecular formula is C17H13BrN2OS2. The van der Waals surface area contributed by atoms with Gasteiger partial charge in [-0.25, -0.2) is 4.98 Å². The van der Waals surface area contributed by atoms with Crippen LogP contribution < -0.4 is 4.90 Å². The van der Waals surface area contributed by atoms with E-state index in [0.717, 1.165) is 39.4 Å². The Kier molecular flexibility index (Phi) is 4.05. The Morgan fingerprint density at radius 1 is 1.30 bits per heavy atom. The zero-order valence-corrected chi connectivity index (χ0v) is 15.4. The van der Waals surface area contributed by atoms with E-state index in [1.807, 2.05) is 34.5 Å². The summed E-state index contributed by atoms with van der Waals surface area (Å²) in [6.45, 7) is 0.764. The average molecular weight is 405 g/mol. The first-order valence-electron chi connectivity index (χ1n) is 7.32. The van der Waals surface area contributed by atoms with Gasteiger partial charge in [-0.15, -0.1) is 22.7 Å². The van der Waals surface area contributed by atoms with Crippen LogP contribution in [-0.4, -0.2) is 17.4 Å². The minimum atomic E-state index is 0.0496. The van der Waals surface area contributed by atoms with Crippen molar-refractivity contribution in [2.75, 3.05) is 11.4 Å². The van der Waals surface area contributed by atoms with Crippen molar-refractivity contribution in [1.82, 2.24) is 4.98 Å². The third-order valence-electron chi connectivity index (χ3n) is 3.85. The number of rotatable bonds is 2. The van der Waals surface area contributed by atoms with Crippen molar-refractivity contribution >= 4 is 50.2 Å². The molecule has 0 N–H and O–H groups in total. The predicted octanol–water partition coefficient (Wildman–Crippen LogP) is 5.23. The van der Waals surface area contributed by atoms with Crippen LogP contribution >= 0.6 is 38.6 Å². The van der Waals surface area contributed by atoms with E-state index >= 15 is 0 Å². The molecule has 4 rings (SSSR count). The molecule has 1 amide bonds. The van der Waals surface area contributed by atoms with Crippen LogP contribution in [0.1, 0.15) is 21.7 Å². The van der Waals surface area contributed by atoms with Crippen molar-refractivity contribution in [2.24, 2.45) is 0 Å². The van der Waals surface area contributed by atoms with Gasteiger partial charge in [-0.05, 0) is 48.1 Å². The second-order valence-electron chi connectivity index (χ2n) is 5.34. The van der Waals surface area contributed by atoms with Gasteiger partial charge in [0.15, 0.2) is 0 Å². The van der Waals surface area contributed by atoms with Crippen molar-refractivity contribution in [3.63, 3.8) is 0 Å². The molecule has 3 aromatic rings. The van der Waals surface area contributed by atoms with Gasteiger partial charge >= 0.3 is 0 Å². The number of aromatic nitrogens is 1. The van der Waals surface area contributed by atoms with Crippen molar-refractivity contribution in [1.29, 1.82) is 0 Å². The second-order valence-corrected chi connectivity index (χ2v) is 8.23. The largest absolute Gasteiger partial charge is 0.307 e. The van der Waals surface area contributed by atoms with Gasteiger partial charge in [-0.2, -0.15) is 0 Å². The van der Waals surface area contributed by atoms with Crippen LogP contribution in [-0.2, 0) is 6.42 Å². The number of hydrogen-bond acceptors (Lipinski definition) is 4. The molecule has 0 atom stereocenters. The molecule has 3 nitrogen and oxygen atoms in total. The summed E-state index contributed by atoms with van der Waals surface area (Å²) in [5.41, 5.74) is 2.25. The first-order chi connectivity index (χ1) is 11.2. The summed E-state index contributed by atoms with van der Waals surface area (Å²) >= 11 is 6.62. The van der Waals surface area contributed by atoms with E-state index in [9.17, 15) is 4.79 Å². The van der Waals surface area contributed by atoms with E-state index in [1.165, 1.54) is 16.9 Å². The van der Waals surface area contributed by atoms with Crippen molar-refractivity contribution in [3.05, 3.63) is 56.8 Å². The smallest absolute Gasteiger partial charge is 0.270 e. The molecule has 0 saturated carbocycles. The lowest BCUT2D eigenvalue weighted by molar-refractivity contribution is 0.0989. The number of aryl methyl sites for hydroxylation is 1. The van der Waals surface area contributed by atoms with Crippen LogP contribution in [0, 0.1) is 0 Å². The highest BCUT2D eigenvalue weighted by Crippen LogP contribution is 2.33. The molecule has 23 heavy (non-hydrogen) atoms. The number of amides is 1. The zero-order valence-electron chi connectivity index (χ0n) is 12.2. The summed E-state index contributed by atoms with van der Waals surface area (Å²) in [7, 11) is 0. The third-order valence-corrected chi connectivity index (χ3v) is 6.37. The molecule has 0 radical (unpaired) electrons.